The van der Waals surface area contributed by atoms with Gasteiger partial charge < -0.3 is 10.4 Å². The average Bonchev–Trinajstić information content (AvgIpc) is 2.91. The number of carbonyl (C=O) groups excluding carboxylic acids is 1. The zero-order valence-electron chi connectivity index (χ0n) is 22.3. The zero-order valence-corrected chi connectivity index (χ0v) is 25.4. The first-order valence-corrected chi connectivity index (χ1v) is 15.5. The summed E-state index contributed by atoms with van der Waals surface area (Å²) in [5, 5.41) is 13.5. The summed E-state index contributed by atoms with van der Waals surface area (Å²) in [6, 6.07) is 16.2. The number of benzene rings is 3. The van der Waals surface area contributed by atoms with Crippen molar-refractivity contribution in [3.05, 3.63) is 111 Å². The van der Waals surface area contributed by atoms with Crippen molar-refractivity contribution in [2.24, 2.45) is 5.92 Å². The van der Waals surface area contributed by atoms with Gasteiger partial charge in [0.05, 0.1) is 17.0 Å². The highest BCUT2D eigenvalue weighted by Crippen LogP contribution is 2.46. The standard InChI is InChI=1S/C30H29Cl3N2O5S/c1-18(2)15-26(30(37)38)34-29(36)25-13-14-27(19-5-3-7-22(32)16-19)35(28(25)20-6-4-8-23(33)17-20)41(39,40)24-11-9-21(31)10-12-24/h3-13,16-18,26-28H,14-15H2,1-2H3,(H,34,36)(H,37,38)/t26-,27-,28-/m0/s1. The Hall–Kier alpha value is -2.88. The van der Waals surface area contributed by atoms with Crippen molar-refractivity contribution in [3.63, 3.8) is 0 Å². The number of carbonyl (C=O) groups is 2. The van der Waals surface area contributed by atoms with Gasteiger partial charge >= 0.3 is 5.97 Å². The Morgan fingerprint density at radius 3 is 2.07 bits per heavy atom. The Morgan fingerprint density at radius 2 is 1.51 bits per heavy atom. The smallest absolute Gasteiger partial charge is 0.326 e. The summed E-state index contributed by atoms with van der Waals surface area (Å²) in [4.78, 5) is 25.7. The minimum absolute atomic E-state index is 0.00514. The van der Waals surface area contributed by atoms with Crippen LogP contribution < -0.4 is 5.32 Å². The predicted octanol–water partition coefficient (Wildman–Crippen LogP) is 7.07. The molecule has 1 amide bonds. The molecule has 1 aliphatic rings. The summed E-state index contributed by atoms with van der Waals surface area (Å²) in [5.74, 6) is -1.86. The number of hydrogen-bond donors (Lipinski definition) is 2. The van der Waals surface area contributed by atoms with Crippen LogP contribution in [-0.4, -0.2) is 35.7 Å². The molecule has 1 aliphatic heterocycles. The average molecular weight is 636 g/mol. The number of amides is 1. The number of nitrogens with zero attached hydrogens (tertiary/aromatic N) is 1. The Bertz CT molecular complexity index is 1570. The Kier molecular flexibility index (Phi) is 9.82. The Morgan fingerprint density at radius 1 is 0.927 bits per heavy atom. The molecule has 0 aliphatic carbocycles. The highest BCUT2D eigenvalue weighted by molar-refractivity contribution is 7.89. The summed E-state index contributed by atoms with van der Waals surface area (Å²) >= 11 is 18.7. The van der Waals surface area contributed by atoms with Crippen LogP contribution in [0.25, 0.3) is 0 Å². The molecule has 0 saturated carbocycles. The van der Waals surface area contributed by atoms with Crippen molar-refractivity contribution in [1.29, 1.82) is 0 Å². The van der Waals surface area contributed by atoms with Crippen LogP contribution in [0, 0.1) is 5.92 Å². The van der Waals surface area contributed by atoms with Crippen LogP contribution in [0.5, 0.6) is 0 Å². The fourth-order valence-corrected chi connectivity index (χ4v) is 7.26. The van der Waals surface area contributed by atoms with Crippen molar-refractivity contribution in [1.82, 2.24) is 9.62 Å². The topological polar surface area (TPSA) is 104 Å². The molecule has 0 spiro atoms. The number of rotatable bonds is 9. The number of carboxylic acids is 1. The van der Waals surface area contributed by atoms with Gasteiger partial charge in [-0.3, -0.25) is 4.79 Å². The molecule has 216 valence electrons. The Balaban J connectivity index is 1.93. The molecule has 0 bridgehead atoms. The van der Waals surface area contributed by atoms with E-state index in [1.807, 2.05) is 13.8 Å². The minimum Gasteiger partial charge on any atom is -0.480 e. The molecule has 41 heavy (non-hydrogen) atoms. The molecule has 0 radical (unpaired) electrons. The van der Waals surface area contributed by atoms with Crippen molar-refractivity contribution in [2.75, 3.05) is 0 Å². The molecular weight excluding hydrogens is 607 g/mol. The van der Waals surface area contributed by atoms with Crippen LogP contribution in [-0.2, 0) is 19.6 Å². The number of sulfonamides is 1. The van der Waals surface area contributed by atoms with Gasteiger partial charge in [-0.2, -0.15) is 4.31 Å². The van der Waals surface area contributed by atoms with Crippen LogP contribution in [0.3, 0.4) is 0 Å². The van der Waals surface area contributed by atoms with Crippen molar-refractivity contribution in [3.8, 4) is 0 Å². The van der Waals surface area contributed by atoms with Crippen LogP contribution >= 0.6 is 34.8 Å². The number of halogens is 3. The second kappa shape index (κ2) is 13.0. The van der Waals surface area contributed by atoms with Gasteiger partial charge in [0.25, 0.3) is 0 Å². The van der Waals surface area contributed by atoms with Gasteiger partial charge in [0, 0.05) is 20.6 Å². The predicted molar refractivity (Wildman–Crippen MR) is 161 cm³/mol. The fourth-order valence-electron chi connectivity index (χ4n) is 4.96. The molecule has 0 unspecified atom stereocenters. The lowest BCUT2D eigenvalue weighted by atomic mass is 9.88. The molecule has 4 rings (SSSR count). The fraction of sp³-hybridized carbons (Fsp3) is 0.267. The first-order chi connectivity index (χ1) is 19.4. The third-order valence-electron chi connectivity index (χ3n) is 6.78. The van der Waals surface area contributed by atoms with Crippen LogP contribution in [0.4, 0.5) is 0 Å². The molecule has 2 N–H and O–H groups in total. The van der Waals surface area contributed by atoms with E-state index in [1.54, 1.807) is 54.6 Å². The highest BCUT2D eigenvalue weighted by Gasteiger charge is 2.45. The molecule has 3 aromatic rings. The maximum Gasteiger partial charge on any atom is 0.326 e. The molecule has 3 aromatic carbocycles. The highest BCUT2D eigenvalue weighted by atomic mass is 35.5. The maximum atomic E-state index is 14.4. The minimum atomic E-state index is -4.28. The normalized spacial score (nSPS) is 18.5. The van der Waals surface area contributed by atoms with Gasteiger partial charge in [0.15, 0.2) is 0 Å². The quantitative estimate of drug-likeness (QED) is 0.262. The SMILES string of the molecule is CC(C)C[C@H](NC(=O)C1=CC[C@@H](c2cccc(Cl)c2)N(S(=O)(=O)c2ccc(Cl)cc2)[C@H]1c1cccc(Cl)c1)C(=O)O. The van der Waals surface area contributed by atoms with Gasteiger partial charge in [0.1, 0.15) is 6.04 Å². The van der Waals surface area contributed by atoms with Gasteiger partial charge in [0.2, 0.25) is 15.9 Å². The van der Waals surface area contributed by atoms with E-state index in [0.29, 0.717) is 26.2 Å². The zero-order chi connectivity index (χ0) is 29.9. The van der Waals surface area contributed by atoms with E-state index in [0.717, 1.165) is 0 Å². The van der Waals surface area contributed by atoms with E-state index in [9.17, 15) is 23.1 Å². The lowest BCUT2D eigenvalue weighted by Crippen LogP contribution is -2.47. The first-order valence-electron chi connectivity index (χ1n) is 12.9. The molecule has 0 fully saturated rings. The summed E-state index contributed by atoms with van der Waals surface area (Å²) < 4.78 is 30.2. The van der Waals surface area contributed by atoms with Crippen LogP contribution in [0.15, 0.2) is 89.3 Å². The third kappa shape index (κ3) is 7.13. The molecule has 7 nitrogen and oxygen atoms in total. The number of hydrogen-bond acceptors (Lipinski definition) is 4. The molecule has 1 heterocycles. The molecular formula is C30H29Cl3N2O5S. The summed E-state index contributed by atoms with van der Waals surface area (Å²) in [6.45, 7) is 3.71. The second-order valence-electron chi connectivity index (χ2n) is 10.2. The van der Waals surface area contributed by atoms with E-state index in [4.69, 9.17) is 34.8 Å². The van der Waals surface area contributed by atoms with E-state index < -0.39 is 40.0 Å². The number of carboxylic acid groups (broad SMARTS) is 1. The lowest BCUT2D eigenvalue weighted by molar-refractivity contribution is -0.141. The van der Waals surface area contributed by atoms with E-state index >= 15 is 0 Å². The first kappa shape index (κ1) is 31.1. The number of aliphatic carboxylic acids is 1. The monoisotopic (exact) mass is 634 g/mol. The summed E-state index contributed by atoms with van der Waals surface area (Å²) in [5.41, 5.74) is 1.16. The molecule has 11 heteroatoms. The molecule has 0 saturated heterocycles. The van der Waals surface area contributed by atoms with Gasteiger partial charge in [-0.25, -0.2) is 13.2 Å². The number of nitrogens with one attached hydrogen (secondary N) is 1. The van der Waals surface area contributed by atoms with E-state index in [2.05, 4.69) is 5.32 Å². The molecule has 3 atom stereocenters. The van der Waals surface area contributed by atoms with Gasteiger partial charge in [-0.05, 0) is 78.4 Å². The van der Waals surface area contributed by atoms with Crippen molar-refractivity contribution >= 4 is 56.7 Å². The lowest BCUT2D eigenvalue weighted by Gasteiger charge is -2.41. The third-order valence-corrected chi connectivity index (χ3v) is 9.39. The van der Waals surface area contributed by atoms with Crippen molar-refractivity contribution in [2.45, 2.75) is 49.7 Å². The molecule has 0 aromatic heterocycles. The van der Waals surface area contributed by atoms with Crippen LogP contribution in [0.1, 0.15) is 49.9 Å². The summed E-state index contributed by atoms with van der Waals surface area (Å²) in [7, 11) is -4.28. The van der Waals surface area contributed by atoms with Crippen molar-refractivity contribution < 1.29 is 23.1 Å². The second-order valence-corrected chi connectivity index (χ2v) is 13.4. The summed E-state index contributed by atoms with van der Waals surface area (Å²) in [6.07, 6.45) is 2.00. The van der Waals surface area contributed by atoms with E-state index in [-0.39, 0.29) is 29.2 Å². The van der Waals surface area contributed by atoms with Gasteiger partial charge in [-0.1, -0.05) is 79.0 Å². The van der Waals surface area contributed by atoms with E-state index in [1.165, 1.54) is 28.6 Å². The Labute approximate surface area is 254 Å². The van der Waals surface area contributed by atoms with Crippen LogP contribution in [0.2, 0.25) is 15.1 Å². The van der Waals surface area contributed by atoms with Gasteiger partial charge in [-0.15, -0.1) is 0 Å². The largest absolute Gasteiger partial charge is 0.480 e. The maximum absolute atomic E-state index is 14.4.